The van der Waals surface area contributed by atoms with Gasteiger partial charge in [-0.3, -0.25) is 4.79 Å². The van der Waals surface area contributed by atoms with Crippen LogP contribution in [0.4, 0.5) is 0 Å². The number of carbonyl (C=O) groups excluding carboxylic acids is 1. The predicted molar refractivity (Wildman–Crippen MR) is 67.5 cm³/mol. The Morgan fingerprint density at radius 2 is 2.12 bits per heavy atom. The van der Waals surface area contributed by atoms with Crippen LogP contribution < -0.4 is 0 Å². The normalized spacial score (nSPS) is 12.2. The summed E-state index contributed by atoms with van der Waals surface area (Å²) in [7, 11) is 0. The summed E-state index contributed by atoms with van der Waals surface area (Å²) in [5.74, 6) is 0.181. The van der Waals surface area contributed by atoms with Crippen molar-refractivity contribution in [3.63, 3.8) is 0 Å². The molecule has 3 nitrogen and oxygen atoms in total. The maximum Gasteiger partial charge on any atom is 0.235 e. The van der Waals surface area contributed by atoms with Gasteiger partial charge in [-0.1, -0.05) is 17.8 Å². The molecule has 0 saturated heterocycles. The first-order valence-corrected chi connectivity index (χ1v) is 6.43. The summed E-state index contributed by atoms with van der Waals surface area (Å²) in [4.78, 5) is 18.0. The van der Waals surface area contributed by atoms with E-state index in [9.17, 15) is 4.79 Å². The van der Waals surface area contributed by atoms with E-state index in [1.807, 2.05) is 43.9 Å². The van der Waals surface area contributed by atoms with Crippen LogP contribution in [-0.4, -0.2) is 34.1 Å². The van der Waals surface area contributed by atoms with Gasteiger partial charge in [-0.05, 0) is 32.9 Å². The van der Waals surface area contributed by atoms with E-state index in [4.69, 9.17) is 0 Å². The number of thioether (sulfide) groups is 1. The molecule has 1 rings (SSSR count). The molecule has 1 atom stereocenters. The first-order valence-electron chi connectivity index (χ1n) is 5.55. The molecule has 1 amide bonds. The molecule has 0 saturated carbocycles. The van der Waals surface area contributed by atoms with Gasteiger partial charge in [0, 0.05) is 19.3 Å². The van der Waals surface area contributed by atoms with Gasteiger partial charge in [-0.2, -0.15) is 0 Å². The lowest BCUT2D eigenvalue weighted by atomic mass is 10.4. The minimum Gasteiger partial charge on any atom is -0.342 e. The molecule has 4 heteroatoms. The van der Waals surface area contributed by atoms with Crippen LogP contribution in [0, 0.1) is 0 Å². The summed E-state index contributed by atoms with van der Waals surface area (Å²) in [5.41, 5.74) is 0. The molecular weight excluding hydrogens is 220 g/mol. The van der Waals surface area contributed by atoms with Crippen molar-refractivity contribution in [2.45, 2.75) is 31.0 Å². The zero-order chi connectivity index (χ0) is 12.0. The minimum atomic E-state index is -0.0743. The molecule has 0 bridgehead atoms. The monoisotopic (exact) mass is 238 g/mol. The second kappa shape index (κ2) is 6.53. The summed E-state index contributed by atoms with van der Waals surface area (Å²) in [6.07, 6.45) is 1.75. The smallest absolute Gasteiger partial charge is 0.235 e. The van der Waals surface area contributed by atoms with E-state index in [2.05, 4.69) is 4.98 Å². The van der Waals surface area contributed by atoms with Crippen molar-refractivity contribution in [3.8, 4) is 0 Å². The van der Waals surface area contributed by atoms with E-state index in [1.54, 1.807) is 6.20 Å². The van der Waals surface area contributed by atoms with Crippen LogP contribution in [0.1, 0.15) is 20.8 Å². The lowest BCUT2D eigenvalue weighted by Gasteiger charge is -2.22. The van der Waals surface area contributed by atoms with Crippen molar-refractivity contribution in [2.75, 3.05) is 13.1 Å². The lowest BCUT2D eigenvalue weighted by Crippen LogP contribution is -2.36. The van der Waals surface area contributed by atoms with Gasteiger partial charge in [0.1, 0.15) is 0 Å². The molecule has 1 aromatic heterocycles. The third-order valence-corrected chi connectivity index (χ3v) is 3.40. The number of amides is 1. The summed E-state index contributed by atoms with van der Waals surface area (Å²) in [6.45, 7) is 7.46. The Morgan fingerprint density at radius 3 is 2.62 bits per heavy atom. The summed E-state index contributed by atoms with van der Waals surface area (Å²) in [6, 6.07) is 5.74. The number of aromatic nitrogens is 1. The van der Waals surface area contributed by atoms with Crippen LogP contribution >= 0.6 is 11.8 Å². The van der Waals surface area contributed by atoms with E-state index in [0.717, 1.165) is 18.1 Å². The largest absolute Gasteiger partial charge is 0.342 e. The zero-order valence-electron chi connectivity index (χ0n) is 10.0. The van der Waals surface area contributed by atoms with Gasteiger partial charge in [0.05, 0.1) is 10.3 Å². The molecule has 0 aromatic carbocycles. The molecule has 88 valence electrons. The Bertz CT molecular complexity index is 325. The molecule has 1 aromatic rings. The number of nitrogens with zero attached hydrogens (tertiary/aromatic N) is 2. The lowest BCUT2D eigenvalue weighted by molar-refractivity contribution is -0.129. The molecular formula is C12H18N2OS. The van der Waals surface area contributed by atoms with Crippen molar-refractivity contribution in [3.05, 3.63) is 24.4 Å². The van der Waals surface area contributed by atoms with Crippen LogP contribution in [0.25, 0.3) is 0 Å². The van der Waals surface area contributed by atoms with Crippen LogP contribution in [0.3, 0.4) is 0 Å². The number of hydrogen-bond acceptors (Lipinski definition) is 3. The topological polar surface area (TPSA) is 33.2 Å². The standard InChI is InChI=1S/C12H18N2OS/c1-4-14(5-2)12(15)10(3)16-11-8-6-7-9-13-11/h6-10H,4-5H2,1-3H3. The molecule has 0 aliphatic rings. The van der Waals surface area contributed by atoms with Crippen LogP contribution in [0.15, 0.2) is 29.4 Å². The summed E-state index contributed by atoms with van der Waals surface area (Å²) >= 11 is 1.51. The van der Waals surface area contributed by atoms with Crippen molar-refractivity contribution in [1.29, 1.82) is 0 Å². The number of hydrogen-bond donors (Lipinski definition) is 0. The minimum absolute atomic E-state index is 0.0743. The number of pyridine rings is 1. The van der Waals surface area contributed by atoms with E-state index >= 15 is 0 Å². The summed E-state index contributed by atoms with van der Waals surface area (Å²) < 4.78 is 0. The molecule has 0 aliphatic carbocycles. The average Bonchev–Trinajstić information content (AvgIpc) is 2.31. The maximum atomic E-state index is 12.0. The molecule has 0 radical (unpaired) electrons. The SMILES string of the molecule is CCN(CC)C(=O)C(C)Sc1ccccn1. The Hall–Kier alpha value is -1.03. The van der Waals surface area contributed by atoms with Gasteiger partial charge < -0.3 is 4.90 Å². The average molecular weight is 238 g/mol. The van der Waals surface area contributed by atoms with Crippen molar-refractivity contribution in [2.24, 2.45) is 0 Å². The molecule has 0 spiro atoms. The molecule has 0 fully saturated rings. The fraction of sp³-hybridized carbons (Fsp3) is 0.500. The van der Waals surface area contributed by atoms with E-state index in [0.29, 0.717) is 0 Å². The molecule has 16 heavy (non-hydrogen) atoms. The molecule has 0 N–H and O–H groups in total. The first kappa shape index (κ1) is 13.0. The van der Waals surface area contributed by atoms with Crippen molar-refractivity contribution >= 4 is 17.7 Å². The highest BCUT2D eigenvalue weighted by Gasteiger charge is 2.19. The highest BCUT2D eigenvalue weighted by Crippen LogP contribution is 2.21. The van der Waals surface area contributed by atoms with Crippen LogP contribution in [-0.2, 0) is 4.79 Å². The molecule has 0 aliphatic heterocycles. The van der Waals surface area contributed by atoms with E-state index in [1.165, 1.54) is 11.8 Å². The van der Waals surface area contributed by atoms with Crippen LogP contribution in [0.2, 0.25) is 0 Å². The Labute approximate surface area is 101 Å². The molecule has 1 unspecified atom stereocenters. The van der Waals surface area contributed by atoms with E-state index < -0.39 is 0 Å². The maximum absolute atomic E-state index is 12.0. The number of rotatable bonds is 5. The zero-order valence-corrected chi connectivity index (χ0v) is 10.8. The van der Waals surface area contributed by atoms with Gasteiger partial charge in [0.2, 0.25) is 5.91 Å². The van der Waals surface area contributed by atoms with Crippen molar-refractivity contribution < 1.29 is 4.79 Å². The van der Waals surface area contributed by atoms with Gasteiger partial charge >= 0.3 is 0 Å². The fourth-order valence-electron chi connectivity index (χ4n) is 1.44. The second-order valence-corrected chi connectivity index (χ2v) is 4.80. The second-order valence-electron chi connectivity index (χ2n) is 3.44. The first-order chi connectivity index (χ1) is 7.69. The quantitative estimate of drug-likeness (QED) is 0.739. The van der Waals surface area contributed by atoms with Gasteiger partial charge in [-0.25, -0.2) is 4.98 Å². The summed E-state index contributed by atoms with van der Waals surface area (Å²) in [5, 5.41) is 0.824. The predicted octanol–water partition coefficient (Wildman–Crippen LogP) is 2.43. The van der Waals surface area contributed by atoms with Crippen molar-refractivity contribution in [1.82, 2.24) is 9.88 Å². The third kappa shape index (κ3) is 3.52. The van der Waals surface area contributed by atoms with Gasteiger partial charge in [-0.15, -0.1) is 0 Å². The van der Waals surface area contributed by atoms with Crippen LogP contribution in [0.5, 0.6) is 0 Å². The molecule has 1 heterocycles. The Balaban J connectivity index is 2.58. The third-order valence-electron chi connectivity index (χ3n) is 2.36. The Kier molecular flexibility index (Phi) is 5.32. The van der Waals surface area contributed by atoms with Gasteiger partial charge in [0.15, 0.2) is 0 Å². The highest BCUT2D eigenvalue weighted by molar-refractivity contribution is 8.00. The highest BCUT2D eigenvalue weighted by atomic mass is 32.2. The van der Waals surface area contributed by atoms with E-state index in [-0.39, 0.29) is 11.2 Å². The fourth-order valence-corrected chi connectivity index (χ4v) is 2.33. The number of carbonyl (C=O) groups is 1. The Morgan fingerprint density at radius 1 is 1.44 bits per heavy atom. The van der Waals surface area contributed by atoms with Gasteiger partial charge in [0.25, 0.3) is 0 Å².